The second kappa shape index (κ2) is 8.77. The molecular formula is C28H40O8. The Bertz CT molecular complexity index is 1030. The number of esters is 2. The summed E-state index contributed by atoms with van der Waals surface area (Å²) in [5.74, 6) is -4.22. The van der Waals surface area contributed by atoms with Crippen LogP contribution in [-0.2, 0) is 23.9 Å². The fraction of sp³-hybridized carbons (Fsp3) is 0.750. The molecule has 0 amide bonds. The molecule has 4 aliphatic carbocycles. The SMILES string of the molecule is CCCC(=O)OC1C(C)C2(O)C(C=C(CO)CC3(O)C(=O)C(C)=CC32)C2C(C)(C)C12OC(=O)CCC. The van der Waals surface area contributed by atoms with Crippen LogP contribution >= 0.6 is 0 Å². The summed E-state index contributed by atoms with van der Waals surface area (Å²) in [6.45, 7) is 10.6. The van der Waals surface area contributed by atoms with Crippen LogP contribution in [0.15, 0.2) is 23.3 Å². The van der Waals surface area contributed by atoms with Crippen molar-refractivity contribution in [1.29, 1.82) is 0 Å². The Kier molecular flexibility index (Phi) is 6.59. The zero-order valence-electron chi connectivity index (χ0n) is 22.2. The van der Waals surface area contributed by atoms with E-state index < -0.39 is 69.7 Å². The third-order valence-electron chi connectivity index (χ3n) is 9.41. The molecule has 0 bridgehead atoms. The number of aliphatic hydroxyl groups excluding tert-OH is 1. The average molecular weight is 505 g/mol. The number of hydrogen-bond donors (Lipinski definition) is 3. The van der Waals surface area contributed by atoms with Crippen LogP contribution in [0.1, 0.15) is 73.6 Å². The molecule has 2 fully saturated rings. The van der Waals surface area contributed by atoms with Crippen LogP contribution in [-0.4, -0.2) is 62.6 Å². The molecule has 0 aliphatic heterocycles. The maximum atomic E-state index is 13.2. The Balaban J connectivity index is 1.92. The smallest absolute Gasteiger partial charge is 0.306 e. The lowest BCUT2D eigenvalue weighted by molar-refractivity contribution is -0.229. The van der Waals surface area contributed by atoms with Gasteiger partial charge >= 0.3 is 11.9 Å². The molecule has 4 aliphatic rings. The normalized spacial score (nSPS) is 42.2. The van der Waals surface area contributed by atoms with Gasteiger partial charge in [-0.15, -0.1) is 0 Å². The Hall–Kier alpha value is -2.03. The number of Topliss-reactive ketones (excluding diaryl/α,β-unsaturated/α-hetero) is 1. The molecule has 0 saturated heterocycles. The van der Waals surface area contributed by atoms with Crippen molar-refractivity contribution in [3.05, 3.63) is 23.3 Å². The molecule has 4 rings (SSSR count). The minimum absolute atomic E-state index is 0.109. The van der Waals surface area contributed by atoms with E-state index in [0.29, 0.717) is 24.0 Å². The Morgan fingerprint density at radius 3 is 2.28 bits per heavy atom. The minimum atomic E-state index is -1.92. The predicted molar refractivity (Wildman–Crippen MR) is 130 cm³/mol. The topological polar surface area (TPSA) is 130 Å². The third kappa shape index (κ3) is 3.40. The monoisotopic (exact) mass is 504 g/mol. The van der Waals surface area contributed by atoms with Gasteiger partial charge in [-0.25, -0.2) is 0 Å². The van der Waals surface area contributed by atoms with Gasteiger partial charge in [-0.3, -0.25) is 14.4 Å². The summed E-state index contributed by atoms with van der Waals surface area (Å²) in [6, 6.07) is 0. The molecule has 200 valence electrons. The van der Waals surface area contributed by atoms with Gasteiger partial charge in [0.2, 0.25) is 0 Å². The lowest BCUT2D eigenvalue weighted by Crippen LogP contribution is -2.66. The standard InChI is InChI=1S/C28H40O8/c1-7-9-20(30)35-24-16(4)27(34)18(22-25(5,6)28(22,24)36-21(31)10-8-2)12-17(14-29)13-26(33)19(27)11-15(3)23(26)32/h11-12,16,18-19,22,24,29,33-34H,7-10,13-14H2,1-6H3. The van der Waals surface area contributed by atoms with Crippen molar-refractivity contribution in [2.24, 2.45) is 29.1 Å². The number of fused-ring (bicyclic) bond motifs is 5. The first-order valence-corrected chi connectivity index (χ1v) is 13.2. The average Bonchev–Trinajstić information content (AvgIpc) is 3.23. The van der Waals surface area contributed by atoms with E-state index in [1.165, 1.54) is 0 Å². The minimum Gasteiger partial charge on any atom is -0.458 e. The lowest BCUT2D eigenvalue weighted by atomic mass is 9.59. The first-order valence-electron chi connectivity index (χ1n) is 13.2. The summed E-state index contributed by atoms with van der Waals surface area (Å²) in [5, 5.41) is 34.5. The van der Waals surface area contributed by atoms with Crippen LogP contribution in [0.2, 0.25) is 0 Å². The molecule has 36 heavy (non-hydrogen) atoms. The van der Waals surface area contributed by atoms with E-state index in [0.717, 1.165) is 0 Å². The molecule has 8 heteroatoms. The van der Waals surface area contributed by atoms with Crippen molar-refractivity contribution in [3.63, 3.8) is 0 Å². The van der Waals surface area contributed by atoms with E-state index >= 15 is 0 Å². The van der Waals surface area contributed by atoms with Gasteiger partial charge in [0.25, 0.3) is 0 Å². The first kappa shape index (κ1) is 27.0. The highest BCUT2D eigenvalue weighted by atomic mass is 16.6. The molecule has 0 heterocycles. The molecule has 8 unspecified atom stereocenters. The van der Waals surface area contributed by atoms with Gasteiger partial charge in [0, 0.05) is 48.3 Å². The third-order valence-corrected chi connectivity index (χ3v) is 9.41. The van der Waals surface area contributed by atoms with E-state index in [1.54, 1.807) is 26.0 Å². The summed E-state index contributed by atoms with van der Waals surface area (Å²) in [5.41, 5.74) is -4.69. The molecule has 8 nitrogen and oxygen atoms in total. The van der Waals surface area contributed by atoms with Gasteiger partial charge in [0.05, 0.1) is 12.2 Å². The fourth-order valence-electron chi connectivity index (χ4n) is 7.67. The molecule has 0 spiro atoms. The summed E-state index contributed by atoms with van der Waals surface area (Å²) < 4.78 is 12.2. The number of carbonyl (C=O) groups is 3. The molecular weight excluding hydrogens is 464 g/mol. The second-order valence-electron chi connectivity index (χ2n) is 11.8. The van der Waals surface area contributed by atoms with Gasteiger partial charge in [0.15, 0.2) is 11.4 Å². The molecule has 0 aromatic carbocycles. The van der Waals surface area contributed by atoms with Crippen LogP contribution in [0.5, 0.6) is 0 Å². The van der Waals surface area contributed by atoms with Gasteiger partial charge in [-0.05, 0) is 30.9 Å². The van der Waals surface area contributed by atoms with Crippen molar-refractivity contribution in [2.75, 3.05) is 6.61 Å². The molecule has 0 radical (unpaired) electrons. The van der Waals surface area contributed by atoms with Crippen LogP contribution in [0.4, 0.5) is 0 Å². The highest BCUT2D eigenvalue weighted by Crippen LogP contribution is 2.77. The van der Waals surface area contributed by atoms with Crippen molar-refractivity contribution in [3.8, 4) is 0 Å². The van der Waals surface area contributed by atoms with E-state index in [2.05, 4.69) is 0 Å². The zero-order chi connectivity index (χ0) is 26.8. The van der Waals surface area contributed by atoms with Crippen molar-refractivity contribution < 1.29 is 39.2 Å². The van der Waals surface area contributed by atoms with E-state index in [9.17, 15) is 29.7 Å². The quantitative estimate of drug-likeness (QED) is 0.356. The zero-order valence-corrected chi connectivity index (χ0v) is 22.2. The molecule has 3 N–H and O–H groups in total. The number of rotatable bonds is 7. The number of aliphatic hydroxyl groups is 3. The Morgan fingerprint density at radius 2 is 1.69 bits per heavy atom. The molecule has 0 aromatic heterocycles. The lowest BCUT2D eigenvalue weighted by Gasteiger charge is -2.53. The Morgan fingerprint density at radius 1 is 1.08 bits per heavy atom. The maximum Gasteiger partial charge on any atom is 0.306 e. The molecule has 2 saturated carbocycles. The summed E-state index contributed by atoms with van der Waals surface area (Å²) in [6.07, 6.45) is 3.85. The van der Waals surface area contributed by atoms with Gasteiger partial charge in [0.1, 0.15) is 11.7 Å². The summed E-state index contributed by atoms with van der Waals surface area (Å²) >= 11 is 0. The number of hydrogen-bond acceptors (Lipinski definition) is 8. The summed E-state index contributed by atoms with van der Waals surface area (Å²) in [7, 11) is 0. The highest BCUT2D eigenvalue weighted by Gasteiger charge is 2.87. The van der Waals surface area contributed by atoms with E-state index in [1.807, 2.05) is 27.7 Å². The molecule has 8 atom stereocenters. The number of ether oxygens (including phenoxy) is 2. The van der Waals surface area contributed by atoms with Gasteiger partial charge in [-0.2, -0.15) is 0 Å². The largest absolute Gasteiger partial charge is 0.458 e. The van der Waals surface area contributed by atoms with Crippen molar-refractivity contribution in [2.45, 2.75) is 96.6 Å². The van der Waals surface area contributed by atoms with Crippen molar-refractivity contribution in [1.82, 2.24) is 0 Å². The van der Waals surface area contributed by atoms with E-state index in [-0.39, 0.29) is 25.9 Å². The van der Waals surface area contributed by atoms with Crippen LogP contribution in [0.25, 0.3) is 0 Å². The van der Waals surface area contributed by atoms with Gasteiger partial charge < -0.3 is 24.8 Å². The maximum absolute atomic E-state index is 13.2. The van der Waals surface area contributed by atoms with Crippen LogP contribution in [0, 0.1) is 29.1 Å². The molecule has 0 aromatic rings. The number of ketones is 1. The first-order chi connectivity index (χ1) is 16.8. The fourth-order valence-corrected chi connectivity index (χ4v) is 7.67. The van der Waals surface area contributed by atoms with Crippen molar-refractivity contribution >= 4 is 17.7 Å². The van der Waals surface area contributed by atoms with Gasteiger partial charge in [-0.1, -0.05) is 46.8 Å². The van der Waals surface area contributed by atoms with E-state index in [4.69, 9.17) is 9.47 Å². The number of carbonyl (C=O) groups excluding carboxylic acids is 3. The second-order valence-corrected chi connectivity index (χ2v) is 11.8. The predicted octanol–water partition coefficient (Wildman–Crippen LogP) is 2.63. The summed E-state index contributed by atoms with van der Waals surface area (Å²) in [4.78, 5) is 38.8. The Labute approximate surface area is 212 Å². The van der Waals surface area contributed by atoms with Crippen LogP contribution < -0.4 is 0 Å². The highest BCUT2D eigenvalue weighted by molar-refractivity contribution is 6.04. The van der Waals surface area contributed by atoms with Crippen LogP contribution in [0.3, 0.4) is 0 Å².